The van der Waals surface area contributed by atoms with E-state index >= 15 is 0 Å². The van der Waals surface area contributed by atoms with Crippen molar-refractivity contribution in [2.75, 3.05) is 0 Å². The van der Waals surface area contributed by atoms with E-state index in [1.54, 1.807) is 0 Å². The molecular formula is C47H34N2. The van der Waals surface area contributed by atoms with Crippen LogP contribution in [0.5, 0.6) is 0 Å². The van der Waals surface area contributed by atoms with Gasteiger partial charge in [0.15, 0.2) is 0 Å². The van der Waals surface area contributed by atoms with Crippen LogP contribution in [-0.2, 0) is 0 Å². The lowest BCUT2D eigenvalue weighted by molar-refractivity contribution is 0.484. The number of rotatable bonds is 5. The van der Waals surface area contributed by atoms with Gasteiger partial charge in [-0.3, -0.25) is 9.97 Å². The van der Waals surface area contributed by atoms with Crippen LogP contribution < -0.4 is 10.4 Å². The maximum absolute atomic E-state index is 4.40. The summed E-state index contributed by atoms with van der Waals surface area (Å²) in [5.41, 5.74) is 14.3. The van der Waals surface area contributed by atoms with Crippen molar-refractivity contribution in [2.45, 2.75) is 6.92 Å². The highest BCUT2D eigenvalue weighted by Crippen LogP contribution is 2.47. The Morgan fingerprint density at radius 3 is 1.82 bits per heavy atom. The molecule has 2 aromatic heterocycles. The fourth-order valence-corrected chi connectivity index (χ4v) is 7.86. The van der Waals surface area contributed by atoms with Crippen LogP contribution in [0.25, 0.3) is 66.8 Å². The summed E-state index contributed by atoms with van der Waals surface area (Å²) in [6, 6.07) is 39.8. The van der Waals surface area contributed by atoms with Crippen LogP contribution in [-0.4, -0.2) is 9.97 Å². The van der Waals surface area contributed by atoms with E-state index in [0.29, 0.717) is 5.92 Å². The zero-order valence-corrected chi connectivity index (χ0v) is 27.3. The van der Waals surface area contributed by atoms with E-state index in [1.165, 1.54) is 49.4 Å². The van der Waals surface area contributed by atoms with Crippen molar-refractivity contribution in [3.8, 4) is 55.6 Å². The molecule has 0 N–H and O–H groups in total. The Morgan fingerprint density at radius 1 is 0.490 bits per heavy atom. The highest BCUT2D eigenvalue weighted by atomic mass is 14.6. The predicted octanol–water partition coefficient (Wildman–Crippen LogP) is 10.0. The molecule has 0 spiro atoms. The van der Waals surface area contributed by atoms with Gasteiger partial charge in [-0.2, -0.15) is 0 Å². The van der Waals surface area contributed by atoms with E-state index in [1.807, 2.05) is 36.9 Å². The molecule has 2 heterocycles. The van der Waals surface area contributed by atoms with E-state index in [4.69, 9.17) is 0 Å². The molecule has 0 saturated heterocycles. The average molecular weight is 627 g/mol. The standard InChI is InChI=1S/C47H34N2/c1-47-23-7-6-16-46(47)44-29-34(21-22-42(44)43-14-4-5-15-45(43)47)32-17-19-33(20-18-32)40-12-2-3-13-41(40)39-27-37(35-10-8-24-48-30-35)26-38(28-39)36-11-9-25-49-31-36/h2-31,45H,1H3. The molecule has 0 aliphatic heterocycles. The summed E-state index contributed by atoms with van der Waals surface area (Å²) in [4.78, 5) is 8.80. The van der Waals surface area contributed by atoms with Crippen molar-refractivity contribution >= 4 is 11.1 Å². The highest BCUT2D eigenvalue weighted by molar-refractivity contribution is 5.89. The van der Waals surface area contributed by atoms with E-state index < -0.39 is 0 Å². The summed E-state index contributed by atoms with van der Waals surface area (Å²) in [6.07, 6.45) is 25.6. The van der Waals surface area contributed by atoms with Gasteiger partial charge in [0.25, 0.3) is 0 Å². The molecule has 2 heteroatoms. The molecule has 9 rings (SSSR count). The predicted molar refractivity (Wildman–Crippen MR) is 203 cm³/mol. The minimum Gasteiger partial charge on any atom is -0.264 e. The fraction of sp³-hybridized carbons (Fsp3) is 0.0638. The Labute approximate surface area is 287 Å². The molecule has 2 atom stereocenters. The average Bonchev–Trinajstić information content (AvgIpc) is 3.18. The number of aromatic nitrogens is 2. The minimum absolute atomic E-state index is 0.0598. The molecule has 2 unspecified atom stereocenters. The smallest absolute Gasteiger partial charge is 0.0346 e. The van der Waals surface area contributed by atoms with Crippen LogP contribution >= 0.6 is 0 Å². The Kier molecular flexibility index (Phi) is 7.02. The van der Waals surface area contributed by atoms with Gasteiger partial charge in [-0.15, -0.1) is 0 Å². The Bertz CT molecular complexity index is 2420. The summed E-state index contributed by atoms with van der Waals surface area (Å²) < 4.78 is 0. The lowest BCUT2D eigenvalue weighted by Gasteiger charge is -2.41. The summed E-state index contributed by atoms with van der Waals surface area (Å²) in [5.74, 6) is 0.344. The number of pyridine rings is 2. The quantitative estimate of drug-likeness (QED) is 0.190. The third kappa shape index (κ3) is 5.05. The van der Waals surface area contributed by atoms with E-state index in [-0.39, 0.29) is 5.41 Å². The molecule has 0 amide bonds. The SMILES string of the molecule is CC12C=CC=CC1=c1cc(-c3ccc(-c4ccccc4-c4cc(-c5cccnc5)cc(-c5cccnc5)c4)cc3)ccc1=C1C=CC=CC12. The lowest BCUT2D eigenvalue weighted by atomic mass is 9.62. The first-order chi connectivity index (χ1) is 24.2. The molecule has 3 aliphatic carbocycles. The maximum atomic E-state index is 4.40. The Hall–Kier alpha value is -6.12. The van der Waals surface area contributed by atoms with Crippen LogP contribution in [0.15, 0.2) is 183 Å². The maximum Gasteiger partial charge on any atom is 0.0346 e. The zero-order valence-electron chi connectivity index (χ0n) is 27.3. The van der Waals surface area contributed by atoms with Gasteiger partial charge >= 0.3 is 0 Å². The topological polar surface area (TPSA) is 25.8 Å². The molecule has 0 fully saturated rings. The molecule has 2 nitrogen and oxygen atoms in total. The molecule has 49 heavy (non-hydrogen) atoms. The number of hydrogen-bond donors (Lipinski definition) is 0. The monoisotopic (exact) mass is 626 g/mol. The first-order valence-corrected chi connectivity index (χ1v) is 16.9. The second kappa shape index (κ2) is 11.8. The second-order valence-corrected chi connectivity index (χ2v) is 13.3. The molecule has 232 valence electrons. The van der Waals surface area contributed by atoms with Gasteiger partial charge in [-0.1, -0.05) is 128 Å². The number of benzene rings is 4. The van der Waals surface area contributed by atoms with Crippen LogP contribution in [0.3, 0.4) is 0 Å². The van der Waals surface area contributed by atoms with Crippen molar-refractivity contribution in [2.24, 2.45) is 11.3 Å². The first kappa shape index (κ1) is 29.1. The Morgan fingerprint density at radius 2 is 1.12 bits per heavy atom. The second-order valence-electron chi connectivity index (χ2n) is 13.3. The summed E-state index contributed by atoms with van der Waals surface area (Å²) in [6.45, 7) is 2.38. The number of allylic oxidation sites excluding steroid dienone is 8. The third-order valence-electron chi connectivity index (χ3n) is 10.4. The Balaban J connectivity index is 1.13. The molecule has 3 aliphatic rings. The van der Waals surface area contributed by atoms with Gasteiger partial charge in [0.1, 0.15) is 0 Å². The largest absolute Gasteiger partial charge is 0.264 e. The summed E-state index contributed by atoms with van der Waals surface area (Å²) in [5, 5.41) is 2.67. The van der Waals surface area contributed by atoms with Crippen molar-refractivity contribution < 1.29 is 0 Å². The molecule has 0 saturated carbocycles. The van der Waals surface area contributed by atoms with Gasteiger partial charge in [-0.25, -0.2) is 0 Å². The number of nitrogens with zero attached hydrogens (tertiary/aromatic N) is 2. The fourth-order valence-electron chi connectivity index (χ4n) is 7.86. The van der Waals surface area contributed by atoms with E-state index in [2.05, 4.69) is 163 Å². The van der Waals surface area contributed by atoms with Gasteiger partial charge in [0.2, 0.25) is 0 Å². The van der Waals surface area contributed by atoms with Crippen LogP contribution in [0.4, 0.5) is 0 Å². The van der Waals surface area contributed by atoms with Crippen LogP contribution in [0.1, 0.15) is 6.92 Å². The van der Waals surface area contributed by atoms with Crippen molar-refractivity contribution in [1.82, 2.24) is 9.97 Å². The third-order valence-corrected chi connectivity index (χ3v) is 10.4. The minimum atomic E-state index is -0.0598. The zero-order chi connectivity index (χ0) is 32.8. The van der Waals surface area contributed by atoms with E-state index in [0.717, 1.165) is 27.8 Å². The van der Waals surface area contributed by atoms with Gasteiger partial charge in [0, 0.05) is 47.2 Å². The highest BCUT2D eigenvalue weighted by Gasteiger charge is 2.39. The molecule has 0 radical (unpaired) electrons. The normalized spacial score (nSPS) is 18.6. The number of hydrogen-bond acceptors (Lipinski definition) is 2. The van der Waals surface area contributed by atoms with Crippen molar-refractivity contribution in [1.29, 1.82) is 0 Å². The molecule has 4 aromatic carbocycles. The summed E-state index contributed by atoms with van der Waals surface area (Å²) in [7, 11) is 0. The van der Waals surface area contributed by atoms with Crippen molar-refractivity contribution in [3.05, 3.63) is 193 Å². The first-order valence-electron chi connectivity index (χ1n) is 16.9. The van der Waals surface area contributed by atoms with Gasteiger partial charge in [0.05, 0.1) is 0 Å². The number of fused-ring (bicyclic) bond motifs is 4. The molecular weight excluding hydrogens is 593 g/mol. The van der Waals surface area contributed by atoms with Crippen molar-refractivity contribution in [3.63, 3.8) is 0 Å². The van der Waals surface area contributed by atoms with Gasteiger partial charge < -0.3 is 0 Å². The lowest BCUT2D eigenvalue weighted by Crippen LogP contribution is -2.44. The summed E-state index contributed by atoms with van der Waals surface area (Å²) >= 11 is 0. The van der Waals surface area contributed by atoms with E-state index in [9.17, 15) is 0 Å². The molecule has 0 bridgehead atoms. The van der Waals surface area contributed by atoms with Gasteiger partial charge in [-0.05, 0) is 102 Å². The molecule has 6 aromatic rings. The van der Waals surface area contributed by atoms with Crippen LogP contribution in [0, 0.1) is 11.3 Å². The van der Waals surface area contributed by atoms with Crippen LogP contribution in [0.2, 0.25) is 0 Å².